The predicted octanol–water partition coefficient (Wildman–Crippen LogP) is 3.14. The molecule has 0 spiro atoms. The second-order valence-electron chi connectivity index (χ2n) is 2.77. The maximum atomic E-state index is 5.19. The summed E-state index contributed by atoms with van der Waals surface area (Å²) in [6.45, 7) is 2.06. The van der Waals surface area contributed by atoms with Crippen molar-refractivity contribution in [1.82, 2.24) is 5.16 Å². The van der Waals surface area contributed by atoms with Crippen LogP contribution in [0, 0.1) is 6.92 Å². The SMILES string of the molecule is Cc1ccsc1-c1cc(CS)no1. The fraction of sp³-hybridized carbons (Fsp3) is 0.222. The molecule has 0 radical (unpaired) electrons. The zero-order valence-corrected chi connectivity index (χ0v) is 8.86. The van der Waals surface area contributed by atoms with Crippen molar-refractivity contribution in [3.63, 3.8) is 0 Å². The van der Waals surface area contributed by atoms with Crippen molar-refractivity contribution in [2.24, 2.45) is 0 Å². The van der Waals surface area contributed by atoms with Crippen LogP contribution in [0.25, 0.3) is 10.6 Å². The minimum absolute atomic E-state index is 0.619. The first-order chi connectivity index (χ1) is 6.31. The third kappa shape index (κ3) is 1.64. The van der Waals surface area contributed by atoms with Crippen molar-refractivity contribution in [3.8, 4) is 10.6 Å². The van der Waals surface area contributed by atoms with Crippen LogP contribution >= 0.6 is 24.0 Å². The molecule has 2 heterocycles. The van der Waals surface area contributed by atoms with E-state index in [4.69, 9.17) is 4.52 Å². The summed E-state index contributed by atoms with van der Waals surface area (Å²) in [5, 5.41) is 5.94. The molecular weight excluding hydrogens is 202 g/mol. The molecule has 2 aromatic heterocycles. The number of hydrogen-bond acceptors (Lipinski definition) is 4. The van der Waals surface area contributed by atoms with Crippen LogP contribution in [0.3, 0.4) is 0 Å². The van der Waals surface area contributed by atoms with Gasteiger partial charge < -0.3 is 4.52 Å². The molecule has 0 aliphatic rings. The van der Waals surface area contributed by atoms with Crippen molar-refractivity contribution >= 4 is 24.0 Å². The normalized spacial score (nSPS) is 10.6. The highest BCUT2D eigenvalue weighted by Gasteiger charge is 2.09. The summed E-state index contributed by atoms with van der Waals surface area (Å²) in [5.74, 6) is 1.46. The smallest absolute Gasteiger partial charge is 0.177 e. The van der Waals surface area contributed by atoms with Gasteiger partial charge in [0.25, 0.3) is 0 Å². The Bertz CT molecular complexity index is 405. The number of hydrogen-bond donors (Lipinski definition) is 1. The zero-order valence-electron chi connectivity index (χ0n) is 7.15. The second kappa shape index (κ2) is 3.55. The Balaban J connectivity index is 2.41. The molecule has 2 rings (SSSR count). The lowest BCUT2D eigenvalue weighted by Crippen LogP contribution is -1.71. The van der Waals surface area contributed by atoms with E-state index in [2.05, 4.69) is 30.8 Å². The van der Waals surface area contributed by atoms with Gasteiger partial charge in [-0.05, 0) is 23.9 Å². The summed E-state index contributed by atoms with van der Waals surface area (Å²) < 4.78 is 5.19. The van der Waals surface area contributed by atoms with Gasteiger partial charge in [-0.1, -0.05) is 5.16 Å². The molecule has 0 bridgehead atoms. The first kappa shape index (κ1) is 8.84. The van der Waals surface area contributed by atoms with Crippen LogP contribution in [0.1, 0.15) is 11.3 Å². The predicted molar refractivity (Wildman–Crippen MR) is 57.2 cm³/mol. The van der Waals surface area contributed by atoms with Crippen LogP contribution in [-0.4, -0.2) is 5.16 Å². The molecule has 0 fully saturated rings. The lowest BCUT2D eigenvalue weighted by Gasteiger charge is -1.89. The Hall–Kier alpha value is -0.740. The number of thiol groups is 1. The summed E-state index contributed by atoms with van der Waals surface area (Å²) in [6, 6.07) is 4.01. The Morgan fingerprint density at radius 2 is 2.46 bits per heavy atom. The lowest BCUT2D eigenvalue weighted by molar-refractivity contribution is 0.427. The van der Waals surface area contributed by atoms with Gasteiger partial charge in [0.15, 0.2) is 5.76 Å². The number of rotatable bonds is 2. The summed E-state index contributed by atoms with van der Waals surface area (Å²) in [4.78, 5) is 1.15. The average Bonchev–Trinajstić information content (AvgIpc) is 2.71. The standard InChI is InChI=1S/C9H9NOS2/c1-6-2-3-13-9(6)8-4-7(5-12)10-11-8/h2-4,12H,5H2,1H3. The van der Waals surface area contributed by atoms with Gasteiger partial charge in [0, 0.05) is 11.8 Å². The third-order valence-corrected chi connectivity index (χ3v) is 3.16. The minimum atomic E-state index is 0.619. The summed E-state index contributed by atoms with van der Waals surface area (Å²) >= 11 is 5.80. The molecule has 4 heteroatoms. The van der Waals surface area contributed by atoms with Crippen LogP contribution in [0.4, 0.5) is 0 Å². The van der Waals surface area contributed by atoms with E-state index in [1.165, 1.54) is 5.56 Å². The maximum absolute atomic E-state index is 5.19. The van der Waals surface area contributed by atoms with E-state index in [0.29, 0.717) is 5.75 Å². The second-order valence-corrected chi connectivity index (χ2v) is 4.01. The molecule has 0 saturated carbocycles. The van der Waals surface area contributed by atoms with Crippen molar-refractivity contribution in [1.29, 1.82) is 0 Å². The number of nitrogens with zero attached hydrogens (tertiary/aromatic N) is 1. The maximum Gasteiger partial charge on any atom is 0.177 e. The molecule has 0 atom stereocenters. The molecule has 2 nitrogen and oxygen atoms in total. The van der Waals surface area contributed by atoms with Crippen LogP contribution < -0.4 is 0 Å². The van der Waals surface area contributed by atoms with Gasteiger partial charge in [0.2, 0.25) is 0 Å². The molecule has 2 aromatic rings. The zero-order chi connectivity index (χ0) is 9.26. The van der Waals surface area contributed by atoms with Crippen LogP contribution in [0.5, 0.6) is 0 Å². The van der Waals surface area contributed by atoms with Gasteiger partial charge in [-0.25, -0.2) is 0 Å². The molecule has 0 aliphatic carbocycles. The minimum Gasteiger partial charge on any atom is -0.355 e. The van der Waals surface area contributed by atoms with Crippen molar-refractivity contribution < 1.29 is 4.52 Å². The number of aryl methyl sites for hydroxylation is 1. The van der Waals surface area contributed by atoms with E-state index in [1.807, 2.05) is 11.4 Å². The van der Waals surface area contributed by atoms with Crippen molar-refractivity contribution in [2.75, 3.05) is 0 Å². The fourth-order valence-corrected chi connectivity index (χ4v) is 2.14. The first-order valence-electron chi connectivity index (χ1n) is 3.92. The highest BCUT2D eigenvalue weighted by Crippen LogP contribution is 2.29. The van der Waals surface area contributed by atoms with E-state index < -0.39 is 0 Å². The van der Waals surface area contributed by atoms with Gasteiger partial charge in [-0.15, -0.1) is 11.3 Å². The highest BCUT2D eigenvalue weighted by molar-refractivity contribution is 7.79. The average molecular weight is 211 g/mol. The molecule has 0 aromatic carbocycles. The van der Waals surface area contributed by atoms with E-state index in [1.54, 1.807) is 11.3 Å². The summed E-state index contributed by atoms with van der Waals surface area (Å²) in [5.41, 5.74) is 2.11. The van der Waals surface area contributed by atoms with E-state index in [-0.39, 0.29) is 0 Å². The Morgan fingerprint density at radius 1 is 1.62 bits per heavy atom. The summed E-state index contributed by atoms with van der Waals surface area (Å²) in [7, 11) is 0. The third-order valence-electron chi connectivity index (χ3n) is 1.81. The van der Waals surface area contributed by atoms with E-state index >= 15 is 0 Å². The largest absolute Gasteiger partial charge is 0.355 e. The molecule has 0 saturated heterocycles. The number of aromatic nitrogens is 1. The highest BCUT2D eigenvalue weighted by atomic mass is 32.1. The van der Waals surface area contributed by atoms with Gasteiger partial charge in [-0.3, -0.25) is 0 Å². The fourth-order valence-electron chi connectivity index (χ4n) is 1.12. The van der Waals surface area contributed by atoms with Gasteiger partial charge in [0.05, 0.1) is 10.6 Å². The van der Waals surface area contributed by atoms with Crippen LogP contribution in [-0.2, 0) is 5.75 Å². The Labute approximate surface area is 86.0 Å². The summed E-state index contributed by atoms with van der Waals surface area (Å²) in [6.07, 6.45) is 0. The Morgan fingerprint density at radius 3 is 3.00 bits per heavy atom. The van der Waals surface area contributed by atoms with Crippen molar-refractivity contribution in [2.45, 2.75) is 12.7 Å². The van der Waals surface area contributed by atoms with E-state index in [9.17, 15) is 0 Å². The van der Waals surface area contributed by atoms with E-state index in [0.717, 1.165) is 16.3 Å². The monoisotopic (exact) mass is 211 g/mol. The van der Waals surface area contributed by atoms with Crippen molar-refractivity contribution in [3.05, 3.63) is 28.8 Å². The Kier molecular flexibility index (Phi) is 2.42. The molecule has 0 N–H and O–H groups in total. The molecule has 0 amide bonds. The first-order valence-corrected chi connectivity index (χ1v) is 5.43. The molecule has 68 valence electrons. The topological polar surface area (TPSA) is 26.0 Å². The molecule has 0 unspecified atom stereocenters. The molecule has 13 heavy (non-hydrogen) atoms. The lowest BCUT2D eigenvalue weighted by atomic mass is 10.2. The van der Waals surface area contributed by atoms with Gasteiger partial charge in [-0.2, -0.15) is 12.6 Å². The quantitative estimate of drug-likeness (QED) is 0.772. The molecular formula is C9H9NOS2. The van der Waals surface area contributed by atoms with Crippen LogP contribution in [0.15, 0.2) is 22.0 Å². The van der Waals surface area contributed by atoms with Gasteiger partial charge >= 0.3 is 0 Å². The van der Waals surface area contributed by atoms with Gasteiger partial charge in [0.1, 0.15) is 0 Å². The molecule has 0 aliphatic heterocycles. The number of thiophene rings is 1. The van der Waals surface area contributed by atoms with Crippen LogP contribution in [0.2, 0.25) is 0 Å².